The Morgan fingerprint density at radius 2 is 2.06 bits per heavy atom. The molecule has 0 radical (unpaired) electrons. The van der Waals surface area contributed by atoms with Crippen LogP contribution in [0.5, 0.6) is 0 Å². The highest BCUT2D eigenvalue weighted by atomic mass is 16.1. The molecule has 0 aliphatic heterocycles. The number of anilines is 1. The summed E-state index contributed by atoms with van der Waals surface area (Å²) in [5.41, 5.74) is 1.32. The lowest BCUT2D eigenvalue weighted by Gasteiger charge is -2.04. The van der Waals surface area contributed by atoms with Gasteiger partial charge in [-0.1, -0.05) is 6.07 Å². The van der Waals surface area contributed by atoms with E-state index in [1.54, 1.807) is 12.1 Å². The van der Waals surface area contributed by atoms with E-state index in [2.05, 4.69) is 10.3 Å². The molecule has 1 amide bonds. The van der Waals surface area contributed by atoms with E-state index >= 15 is 0 Å². The van der Waals surface area contributed by atoms with Gasteiger partial charge in [-0.15, -0.1) is 0 Å². The van der Waals surface area contributed by atoms with Gasteiger partial charge in [-0.25, -0.2) is 0 Å². The van der Waals surface area contributed by atoms with E-state index in [9.17, 15) is 9.59 Å². The molecular weight excluding hydrogens is 204 g/mol. The highest BCUT2D eigenvalue weighted by Gasteiger charge is 2.02. The SMILES string of the molecule is CC(=O)Nc1ccc2cc(C)[nH]c(=O)c2c1. The molecule has 0 saturated heterocycles. The Bertz CT molecular complexity index is 614. The van der Waals surface area contributed by atoms with Crippen molar-refractivity contribution in [3.05, 3.63) is 40.3 Å². The Morgan fingerprint density at radius 1 is 1.31 bits per heavy atom. The summed E-state index contributed by atoms with van der Waals surface area (Å²) in [4.78, 5) is 25.3. The molecule has 0 aliphatic carbocycles. The summed E-state index contributed by atoms with van der Waals surface area (Å²) in [6.07, 6.45) is 0. The largest absolute Gasteiger partial charge is 0.326 e. The second-order valence-electron chi connectivity index (χ2n) is 3.76. The molecule has 1 aromatic heterocycles. The third-order valence-corrected chi connectivity index (χ3v) is 2.30. The normalized spacial score (nSPS) is 10.4. The van der Waals surface area contributed by atoms with E-state index in [1.165, 1.54) is 6.92 Å². The van der Waals surface area contributed by atoms with Gasteiger partial charge in [-0.2, -0.15) is 0 Å². The quantitative estimate of drug-likeness (QED) is 0.763. The molecule has 0 saturated carbocycles. The van der Waals surface area contributed by atoms with Crippen LogP contribution in [0.1, 0.15) is 12.6 Å². The van der Waals surface area contributed by atoms with Crippen LogP contribution >= 0.6 is 0 Å². The smallest absolute Gasteiger partial charge is 0.256 e. The molecular formula is C12H12N2O2. The van der Waals surface area contributed by atoms with Crippen LogP contribution in [-0.4, -0.2) is 10.9 Å². The molecule has 4 heteroatoms. The van der Waals surface area contributed by atoms with Gasteiger partial charge in [-0.05, 0) is 30.5 Å². The first-order valence-corrected chi connectivity index (χ1v) is 4.97. The summed E-state index contributed by atoms with van der Waals surface area (Å²) in [6.45, 7) is 3.27. The van der Waals surface area contributed by atoms with Gasteiger partial charge >= 0.3 is 0 Å². The topological polar surface area (TPSA) is 62.0 Å². The van der Waals surface area contributed by atoms with Crippen LogP contribution < -0.4 is 10.9 Å². The maximum absolute atomic E-state index is 11.7. The lowest BCUT2D eigenvalue weighted by Crippen LogP contribution is -2.09. The Balaban J connectivity index is 2.62. The molecule has 0 unspecified atom stereocenters. The summed E-state index contributed by atoms with van der Waals surface area (Å²) in [5, 5.41) is 4.10. The molecule has 2 aromatic rings. The van der Waals surface area contributed by atoms with Crippen molar-refractivity contribution in [1.29, 1.82) is 0 Å². The van der Waals surface area contributed by atoms with E-state index < -0.39 is 0 Å². The number of rotatable bonds is 1. The van der Waals surface area contributed by atoms with Gasteiger partial charge < -0.3 is 10.3 Å². The van der Waals surface area contributed by atoms with E-state index in [-0.39, 0.29) is 11.5 Å². The molecule has 16 heavy (non-hydrogen) atoms. The average Bonchev–Trinajstić information content (AvgIpc) is 2.18. The number of fused-ring (bicyclic) bond motifs is 1. The zero-order valence-corrected chi connectivity index (χ0v) is 9.13. The molecule has 1 heterocycles. The highest BCUT2D eigenvalue weighted by Crippen LogP contribution is 2.16. The summed E-state index contributed by atoms with van der Waals surface area (Å²) in [5.74, 6) is -0.150. The van der Waals surface area contributed by atoms with Crippen LogP contribution in [0.15, 0.2) is 29.1 Å². The fourth-order valence-electron chi connectivity index (χ4n) is 1.68. The van der Waals surface area contributed by atoms with Crippen LogP contribution in [0.3, 0.4) is 0 Å². The van der Waals surface area contributed by atoms with E-state index in [0.717, 1.165) is 11.1 Å². The maximum atomic E-state index is 11.7. The van der Waals surface area contributed by atoms with Crippen LogP contribution in [0.4, 0.5) is 5.69 Å². The van der Waals surface area contributed by atoms with Crippen molar-refractivity contribution >= 4 is 22.4 Å². The minimum absolute atomic E-state index is 0.137. The van der Waals surface area contributed by atoms with Crippen molar-refractivity contribution in [1.82, 2.24) is 4.98 Å². The Morgan fingerprint density at radius 3 is 2.75 bits per heavy atom. The number of benzene rings is 1. The number of hydrogen-bond donors (Lipinski definition) is 2. The van der Waals surface area contributed by atoms with Gasteiger partial charge in [0.15, 0.2) is 0 Å². The van der Waals surface area contributed by atoms with Crippen molar-refractivity contribution in [3.63, 3.8) is 0 Å². The van der Waals surface area contributed by atoms with Gasteiger partial charge in [0, 0.05) is 23.7 Å². The molecule has 4 nitrogen and oxygen atoms in total. The minimum atomic E-state index is -0.150. The first-order chi connectivity index (χ1) is 7.56. The van der Waals surface area contributed by atoms with Gasteiger partial charge in [0.1, 0.15) is 0 Å². The molecule has 82 valence electrons. The number of pyridine rings is 1. The zero-order chi connectivity index (χ0) is 11.7. The monoisotopic (exact) mass is 216 g/mol. The molecule has 1 aromatic carbocycles. The predicted molar refractivity (Wildman–Crippen MR) is 63.6 cm³/mol. The van der Waals surface area contributed by atoms with E-state index in [4.69, 9.17) is 0 Å². The van der Waals surface area contributed by atoms with Crippen molar-refractivity contribution in [3.8, 4) is 0 Å². The van der Waals surface area contributed by atoms with Crippen molar-refractivity contribution in [2.24, 2.45) is 0 Å². The highest BCUT2D eigenvalue weighted by molar-refractivity contribution is 5.92. The predicted octanol–water partition coefficient (Wildman–Crippen LogP) is 1.79. The number of aromatic nitrogens is 1. The lowest BCUT2D eigenvalue weighted by molar-refractivity contribution is -0.114. The fraction of sp³-hybridized carbons (Fsp3) is 0.167. The molecule has 0 fully saturated rings. The minimum Gasteiger partial charge on any atom is -0.326 e. The van der Waals surface area contributed by atoms with Gasteiger partial charge in [0.25, 0.3) is 5.56 Å². The molecule has 0 spiro atoms. The average molecular weight is 216 g/mol. The maximum Gasteiger partial charge on any atom is 0.256 e. The molecule has 0 bridgehead atoms. The number of aromatic amines is 1. The first-order valence-electron chi connectivity index (χ1n) is 4.97. The zero-order valence-electron chi connectivity index (χ0n) is 9.13. The second kappa shape index (κ2) is 3.81. The van der Waals surface area contributed by atoms with Crippen LogP contribution in [0.25, 0.3) is 10.8 Å². The number of aryl methyl sites for hydroxylation is 1. The second-order valence-corrected chi connectivity index (χ2v) is 3.76. The Labute approximate surface area is 92.3 Å². The Hall–Kier alpha value is -2.10. The third-order valence-electron chi connectivity index (χ3n) is 2.30. The van der Waals surface area contributed by atoms with Gasteiger partial charge in [0.05, 0.1) is 0 Å². The number of H-pyrrole nitrogens is 1. The van der Waals surface area contributed by atoms with Gasteiger partial charge in [-0.3, -0.25) is 9.59 Å². The summed E-state index contributed by atoms with van der Waals surface area (Å²) >= 11 is 0. The number of amides is 1. The standard InChI is InChI=1S/C12H12N2O2/c1-7-5-9-3-4-10(14-8(2)15)6-11(9)12(16)13-7/h3-6H,1-2H3,(H,13,16)(H,14,15). The Kier molecular flexibility index (Phi) is 2.48. The van der Waals surface area contributed by atoms with Gasteiger partial charge in [0.2, 0.25) is 5.91 Å². The summed E-state index contributed by atoms with van der Waals surface area (Å²) in [7, 11) is 0. The summed E-state index contributed by atoms with van der Waals surface area (Å²) < 4.78 is 0. The van der Waals surface area contributed by atoms with E-state index in [1.807, 2.05) is 19.1 Å². The lowest BCUT2D eigenvalue weighted by atomic mass is 10.1. The molecule has 0 atom stereocenters. The van der Waals surface area contributed by atoms with Crippen LogP contribution in [0.2, 0.25) is 0 Å². The third kappa shape index (κ3) is 1.95. The number of carbonyl (C=O) groups is 1. The number of hydrogen-bond acceptors (Lipinski definition) is 2. The number of carbonyl (C=O) groups excluding carboxylic acids is 1. The molecule has 0 aliphatic rings. The fourth-order valence-corrected chi connectivity index (χ4v) is 1.68. The number of nitrogens with one attached hydrogen (secondary N) is 2. The van der Waals surface area contributed by atoms with Crippen LogP contribution in [-0.2, 0) is 4.79 Å². The first kappa shape index (κ1) is 10.4. The van der Waals surface area contributed by atoms with E-state index in [0.29, 0.717) is 11.1 Å². The molecule has 2 N–H and O–H groups in total. The van der Waals surface area contributed by atoms with Crippen molar-refractivity contribution < 1.29 is 4.79 Å². The molecule has 2 rings (SSSR count). The van der Waals surface area contributed by atoms with Crippen molar-refractivity contribution in [2.75, 3.05) is 5.32 Å². The van der Waals surface area contributed by atoms with Crippen molar-refractivity contribution in [2.45, 2.75) is 13.8 Å². The van der Waals surface area contributed by atoms with Crippen LogP contribution in [0, 0.1) is 6.92 Å². The summed E-state index contributed by atoms with van der Waals surface area (Å²) in [6, 6.07) is 7.18.